The summed E-state index contributed by atoms with van der Waals surface area (Å²) in [4.78, 5) is 3.78. The maximum atomic E-state index is 12.9. The van der Waals surface area contributed by atoms with E-state index in [2.05, 4.69) is 25.1 Å². The number of nitrogens with zero attached hydrogens (tertiary/aromatic N) is 3. The summed E-state index contributed by atoms with van der Waals surface area (Å²) in [5.74, 6) is -0.403. The van der Waals surface area contributed by atoms with E-state index >= 15 is 0 Å². The fourth-order valence-corrected chi connectivity index (χ4v) is 1.58. The molecule has 0 aliphatic heterocycles. The van der Waals surface area contributed by atoms with Crippen LogP contribution < -0.4 is 4.74 Å². The lowest BCUT2D eigenvalue weighted by molar-refractivity contribution is -0.253. The van der Waals surface area contributed by atoms with E-state index in [4.69, 9.17) is 0 Å². The van der Waals surface area contributed by atoms with Crippen molar-refractivity contribution in [1.82, 2.24) is 15.4 Å². The molecule has 1 aromatic carbocycles. The summed E-state index contributed by atoms with van der Waals surface area (Å²) < 4.78 is 54.0. The quantitative estimate of drug-likeness (QED) is 0.682. The fraction of sp³-hybridized carbons (Fsp3) is 0.250. The van der Waals surface area contributed by atoms with Gasteiger partial charge in [-0.3, -0.25) is 10.1 Å². The van der Waals surface area contributed by atoms with Crippen LogP contribution in [0.4, 0.5) is 17.6 Å². The molecule has 0 spiro atoms. The van der Waals surface area contributed by atoms with Crippen molar-refractivity contribution in [3.8, 4) is 17.0 Å². The number of H-pyrrole nitrogens is 1. The Hall–Kier alpha value is -2.45. The monoisotopic (exact) mass is 302 g/mol. The fourth-order valence-electron chi connectivity index (χ4n) is 1.58. The number of benzene rings is 1. The molecule has 21 heavy (non-hydrogen) atoms. The van der Waals surface area contributed by atoms with Gasteiger partial charge in [0.25, 0.3) is 0 Å². The molecule has 0 aliphatic rings. The zero-order valence-corrected chi connectivity index (χ0v) is 10.7. The first kappa shape index (κ1) is 14.9. The highest BCUT2D eigenvalue weighted by molar-refractivity contribution is 5.86. The Kier molecular flexibility index (Phi) is 4.20. The van der Waals surface area contributed by atoms with Crippen molar-refractivity contribution in [2.75, 3.05) is 7.05 Å². The predicted octanol–water partition coefficient (Wildman–Crippen LogP) is 2.76. The molecule has 0 saturated heterocycles. The maximum Gasteiger partial charge on any atom is 0.461 e. The molecule has 2 aromatic rings. The summed E-state index contributed by atoms with van der Waals surface area (Å²) in [6.45, 7) is 0. The SMILES string of the molecule is C/N=C\c1[nH]nnc1-c1cccc(OC(F)(F)C(F)F)c1. The average Bonchev–Trinajstić information content (AvgIpc) is 2.87. The lowest BCUT2D eigenvalue weighted by Gasteiger charge is -2.17. The third-order valence-electron chi connectivity index (χ3n) is 2.45. The van der Waals surface area contributed by atoms with Crippen LogP contribution in [0.15, 0.2) is 29.3 Å². The minimum atomic E-state index is -4.56. The number of halogens is 4. The molecule has 0 atom stereocenters. The maximum absolute atomic E-state index is 12.9. The van der Waals surface area contributed by atoms with Gasteiger partial charge in [-0.05, 0) is 12.1 Å². The van der Waals surface area contributed by atoms with Crippen LogP contribution in [0.1, 0.15) is 5.69 Å². The summed E-state index contributed by atoms with van der Waals surface area (Å²) in [5.41, 5.74) is 1.17. The van der Waals surface area contributed by atoms with Crippen molar-refractivity contribution < 1.29 is 22.3 Å². The third-order valence-corrected chi connectivity index (χ3v) is 2.45. The standard InChI is InChI=1S/C12H10F4N4O/c1-17-6-9-10(19-20-18-9)7-3-2-4-8(5-7)21-12(15,16)11(13)14/h2-6,11H,1H3,(H,18,19,20)/b17-6-. The first-order valence-corrected chi connectivity index (χ1v) is 5.72. The predicted molar refractivity (Wildman–Crippen MR) is 66.9 cm³/mol. The van der Waals surface area contributed by atoms with Crippen molar-refractivity contribution in [3.05, 3.63) is 30.0 Å². The second-order valence-corrected chi connectivity index (χ2v) is 3.95. The topological polar surface area (TPSA) is 63.2 Å². The largest absolute Gasteiger partial charge is 0.461 e. The van der Waals surface area contributed by atoms with Gasteiger partial charge in [-0.2, -0.15) is 17.6 Å². The van der Waals surface area contributed by atoms with Crippen molar-refractivity contribution in [3.63, 3.8) is 0 Å². The zero-order chi connectivity index (χ0) is 15.5. The summed E-state index contributed by atoms with van der Waals surface area (Å²) >= 11 is 0. The van der Waals surface area contributed by atoms with E-state index in [0.29, 0.717) is 17.0 Å². The van der Waals surface area contributed by atoms with Gasteiger partial charge in [-0.15, -0.1) is 5.10 Å². The summed E-state index contributed by atoms with van der Waals surface area (Å²) in [7, 11) is 1.54. The second kappa shape index (κ2) is 5.90. The van der Waals surface area contributed by atoms with Gasteiger partial charge in [0.05, 0.1) is 0 Å². The van der Waals surface area contributed by atoms with E-state index in [0.717, 1.165) is 6.07 Å². The molecule has 0 amide bonds. The summed E-state index contributed by atoms with van der Waals surface area (Å²) in [5, 5.41) is 9.94. The molecule has 1 heterocycles. The normalized spacial score (nSPS) is 12.3. The highest BCUT2D eigenvalue weighted by Gasteiger charge is 2.44. The van der Waals surface area contributed by atoms with Gasteiger partial charge < -0.3 is 4.74 Å². The Morgan fingerprint density at radius 2 is 2.14 bits per heavy atom. The number of rotatable bonds is 5. The van der Waals surface area contributed by atoms with Crippen LogP contribution in [0.5, 0.6) is 5.75 Å². The van der Waals surface area contributed by atoms with Crippen molar-refractivity contribution >= 4 is 6.21 Å². The van der Waals surface area contributed by atoms with Crippen molar-refractivity contribution in [2.24, 2.45) is 4.99 Å². The molecule has 0 fully saturated rings. The van der Waals surface area contributed by atoms with Gasteiger partial charge in [0, 0.05) is 18.8 Å². The van der Waals surface area contributed by atoms with Crippen LogP contribution in [0.3, 0.4) is 0 Å². The third kappa shape index (κ3) is 3.36. The molecular weight excluding hydrogens is 292 g/mol. The van der Waals surface area contributed by atoms with E-state index in [1.165, 1.54) is 25.4 Å². The first-order valence-electron chi connectivity index (χ1n) is 5.72. The van der Waals surface area contributed by atoms with Crippen LogP contribution in [0.2, 0.25) is 0 Å². The highest BCUT2D eigenvalue weighted by atomic mass is 19.3. The Balaban J connectivity index is 2.32. The second-order valence-electron chi connectivity index (χ2n) is 3.95. The summed E-state index contributed by atoms with van der Waals surface area (Å²) in [6, 6.07) is 5.25. The Morgan fingerprint density at radius 1 is 1.38 bits per heavy atom. The molecule has 0 unspecified atom stereocenters. The van der Waals surface area contributed by atoms with Crippen LogP contribution in [0, 0.1) is 0 Å². The minimum absolute atomic E-state index is 0.339. The number of ether oxygens (including phenoxy) is 1. The van der Waals surface area contributed by atoms with E-state index < -0.39 is 18.3 Å². The molecule has 5 nitrogen and oxygen atoms in total. The Bertz CT molecular complexity index is 642. The highest BCUT2D eigenvalue weighted by Crippen LogP contribution is 2.30. The molecule has 0 aliphatic carbocycles. The van der Waals surface area contributed by atoms with Gasteiger partial charge in [0.1, 0.15) is 17.1 Å². The number of aromatic nitrogens is 3. The molecule has 112 valence electrons. The molecule has 0 saturated carbocycles. The zero-order valence-electron chi connectivity index (χ0n) is 10.7. The van der Waals surface area contributed by atoms with Gasteiger partial charge in [-0.1, -0.05) is 17.3 Å². The van der Waals surface area contributed by atoms with Gasteiger partial charge in [-0.25, -0.2) is 0 Å². The summed E-state index contributed by atoms with van der Waals surface area (Å²) in [6.07, 6.45) is -7.04. The molecule has 0 bridgehead atoms. The number of hydrogen-bond acceptors (Lipinski definition) is 4. The number of alkyl halides is 4. The van der Waals surface area contributed by atoms with Gasteiger partial charge >= 0.3 is 12.5 Å². The average molecular weight is 302 g/mol. The Labute approximate surface area is 116 Å². The molecular formula is C12H10F4N4O. The van der Waals surface area contributed by atoms with Crippen molar-refractivity contribution in [2.45, 2.75) is 12.5 Å². The van der Waals surface area contributed by atoms with Crippen molar-refractivity contribution in [1.29, 1.82) is 0 Å². The van der Waals surface area contributed by atoms with E-state index in [-0.39, 0.29) is 0 Å². The van der Waals surface area contributed by atoms with Crippen LogP contribution >= 0.6 is 0 Å². The van der Waals surface area contributed by atoms with Gasteiger partial charge in [0.2, 0.25) is 0 Å². The molecule has 2 rings (SSSR count). The lowest BCUT2D eigenvalue weighted by Crippen LogP contribution is -2.33. The lowest BCUT2D eigenvalue weighted by atomic mass is 10.1. The van der Waals surface area contributed by atoms with E-state index in [1.54, 1.807) is 6.07 Å². The number of aromatic amines is 1. The van der Waals surface area contributed by atoms with Crippen LogP contribution in [-0.2, 0) is 0 Å². The van der Waals surface area contributed by atoms with E-state index in [9.17, 15) is 17.6 Å². The van der Waals surface area contributed by atoms with Crippen LogP contribution in [0.25, 0.3) is 11.3 Å². The smallest absolute Gasteiger partial charge is 0.428 e. The first-order chi connectivity index (χ1) is 9.94. The minimum Gasteiger partial charge on any atom is -0.428 e. The molecule has 1 N–H and O–H groups in total. The molecule has 9 heteroatoms. The Morgan fingerprint density at radius 3 is 2.81 bits per heavy atom. The van der Waals surface area contributed by atoms with E-state index in [1.807, 2.05) is 0 Å². The van der Waals surface area contributed by atoms with Crippen LogP contribution in [-0.4, -0.2) is 41.2 Å². The molecule has 1 aromatic heterocycles. The number of hydrogen-bond donors (Lipinski definition) is 1. The number of aliphatic imine (C=N–C) groups is 1. The number of nitrogens with one attached hydrogen (secondary N) is 1. The van der Waals surface area contributed by atoms with Gasteiger partial charge in [0.15, 0.2) is 0 Å². The molecule has 0 radical (unpaired) electrons.